The molecule has 0 bridgehead atoms. The largest absolute Gasteiger partial charge is 0.481 e. The predicted octanol–water partition coefficient (Wildman–Crippen LogP) is 1.34. The summed E-state index contributed by atoms with van der Waals surface area (Å²) in [5.74, 6) is -1.53. The molecule has 2 aromatic heterocycles. The number of amides is 2. The van der Waals surface area contributed by atoms with Gasteiger partial charge in [0, 0.05) is 32.6 Å². The fraction of sp³-hybridized carbons (Fsp3) is 0.529. The summed E-state index contributed by atoms with van der Waals surface area (Å²) in [5, 5.41) is 14.3. The van der Waals surface area contributed by atoms with E-state index in [1.165, 1.54) is 16.2 Å². The van der Waals surface area contributed by atoms with Gasteiger partial charge in [-0.05, 0) is 25.8 Å². The minimum absolute atomic E-state index is 0.0119. The molecular formula is C17H22N4O4S. The van der Waals surface area contributed by atoms with E-state index in [0.29, 0.717) is 30.8 Å². The van der Waals surface area contributed by atoms with E-state index in [1.807, 2.05) is 20.0 Å². The summed E-state index contributed by atoms with van der Waals surface area (Å²) in [5.41, 5.74) is 0.873. The third-order valence-electron chi connectivity index (χ3n) is 4.82. The smallest absolute Gasteiger partial charge is 0.306 e. The molecule has 3 heterocycles. The van der Waals surface area contributed by atoms with Crippen molar-refractivity contribution in [2.75, 3.05) is 26.7 Å². The Labute approximate surface area is 155 Å². The Morgan fingerprint density at radius 1 is 1.35 bits per heavy atom. The van der Waals surface area contributed by atoms with Gasteiger partial charge in [0.05, 0.1) is 23.0 Å². The first-order chi connectivity index (χ1) is 12.3. The van der Waals surface area contributed by atoms with Crippen molar-refractivity contribution < 1.29 is 19.5 Å². The van der Waals surface area contributed by atoms with Gasteiger partial charge in [-0.25, -0.2) is 0 Å². The SMILES string of the molecule is Cc1nn(C)c2sc(C(=O)N(C)CC(=O)N3CCC(C(=O)O)CC3)cc12. The van der Waals surface area contributed by atoms with Gasteiger partial charge < -0.3 is 14.9 Å². The molecule has 140 valence electrons. The Balaban J connectivity index is 1.62. The van der Waals surface area contributed by atoms with Crippen LogP contribution in [0.15, 0.2) is 6.07 Å². The third kappa shape index (κ3) is 3.44. The van der Waals surface area contributed by atoms with Crippen molar-refractivity contribution in [2.45, 2.75) is 19.8 Å². The van der Waals surface area contributed by atoms with Crippen molar-refractivity contribution in [1.82, 2.24) is 19.6 Å². The maximum absolute atomic E-state index is 12.7. The molecule has 8 nitrogen and oxygen atoms in total. The van der Waals surface area contributed by atoms with E-state index in [4.69, 9.17) is 5.11 Å². The molecule has 0 aliphatic carbocycles. The Bertz CT molecular complexity index is 829. The number of fused-ring (bicyclic) bond motifs is 1. The molecule has 0 aromatic carbocycles. The van der Waals surface area contributed by atoms with Gasteiger partial charge in [0.2, 0.25) is 5.91 Å². The van der Waals surface area contributed by atoms with Crippen molar-refractivity contribution in [1.29, 1.82) is 0 Å². The minimum atomic E-state index is -0.807. The van der Waals surface area contributed by atoms with Crippen LogP contribution in [0.25, 0.3) is 10.2 Å². The number of aromatic nitrogens is 2. The van der Waals surface area contributed by atoms with Crippen LogP contribution in [0.3, 0.4) is 0 Å². The number of piperidine rings is 1. The zero-order valence-corrected chi connectivity index (χ0v) is 15.9. The normalized spacial score (nSPS) is 15.4. The second kappa shape index (κ2) is 7.06. The highest BCUT2D eigenvalue weighted by Crippen LogP contribution is 2.28. The lowest BCUT2D eigenvalue weighted by molar-refractivity contribution is -0.145. The summed E-state index contributed by atoms with van der Waals surface area (Å²) in [4.78, 5) is 40.6. The van der Waals surface area contributed by atoms with E-state index >= 15 is 0 Å². The molecule has 2 aromatic rings. The molecule has 0 atom stereocenters. The number of carboxylic acid groups (broad SMARTS) is 1. The number of carbonyl (C=O) groups is 3. The van der Waals surface area contributed by atoms with Crippen LogP contribution in [0.5, 0.6) is 0 Å². The van der Waals surface area contributed by atoms with Crippen LogP contribution in [-0.2, 0) is 16.6 Å². The molecule has 2 amide bonds. The van der Waals surface area contributed by atoms with Crippen molar-refractivity contribution in [3.8, 4) is 0 Å². The van der Waals surface area contributed by atoms with E-state index in [9.17, 15) is 14.4 Å². The molecule has 9 heteroatoms. The summed E-state index contributed by atoms with van der Waals surface area (Å²) in [6.45, 7) is 2.73. The quantitative estimate of drug-likeness (QED) is 0.866. The molecule has 1 N–H and O–H groups in total. The summed E-state index contributed by atoms with van der Waals surface area (Å²) < 4.78 is 1.75. The Kier molecular flexibility index (Phi) is 4.99. The lowest BCUT2D eigenvalue weighted by atomic mass is 9.97. The van der Waals surface area contributed by atoms with Crippen molar-refractivity contribution >= 4 is 39.3 Å². The first-order valence-corrected chi connectivity index (χ1v) is 9.28. The first kappa shape index (κ1) is 18.4. The van der Waals surface area contributed by atoms with Gasteiger partial charge in [0.15, 0.2) is 0 Å². The Morgan fingerprint density at radius 2 is 2.00 bits per heavy atom. The average Bonchev–Trinajstić information content (AvgIpc) is 3.16. The van der Waals surface area contributed by atoms with Crippen LogP contribution < -0.4 is 0 Å². The maximum Gasteiger partial charge on any atom is 0.306 e. The van der Waals surface area contributed by atoms with Crippen molar-refractivity contribution in [2.24, 2.45) is 13.0 Å². The van der Waals surface area contributed by atoms with Crippen LogP contribution in [0.2, 0.25) is 0 Å². The number of aliphatic carboxylic acids is 1. The van der Waals surface area contributed by atoms with Gasteiger partial charge in [-0.2, -0.15) is 5.10 Å². The van der Waals surface area contributed by atoms with E-state index in [2.05, 4.69) is 5.10 Å². The summed E-state index contributed by atoms with van der Waals surface area (Å²) in [6.07, 6.45) is 0.919. The number of hydrogen-bond acceptors (Lipinski definition) is 5. The number of rotatable bonds is 4. The van der Waals surface area contributed by atoms with Gasteiger partial charge in [0.25, 0.3) is 5.91 Å². The number of likely N-dealkylation sites (N-methyl/N-ethyl adjacent to an activating group) is 1. The van der Waals surface area contributed by atoms with Crippen LogP contribution in [0, 0.1) is 12.8 Å². The van der Waals surface area contributed by atoms with E-state index < -0.39 is 5.97 Å². The molecule has 0 radical (unpaired) electrons. The van der Waals surface area contributed by atoms with E-state index in [-0.39, 0.29) is 24.3 Å². The molecule has 1 saturated heterocycles. The van der Waals surface area contributed by atoms with Gasteiger partial charge in [-0.3, -0.25) is 19.1 Å². The first-order valence-electron chi connectivity index (χ1n) is 8.47. The zero-order valence-electron chi connectivity index (χ0n) is 15.1. The highest BCUT2D eigenvalue weighted by Gasteiger charge is 2.28. The number of aryl methyl sites for hydroxylation is 2. The Hall–Kier alpha value is -2.42. The molecule has 0 unspecified atom stereocenters. The number of nitrogens with zero attached hydrogens (tertiary/aromatic N) is 4. The number of carbonyl (C=O) groups excluding carboxylic acids is 2. The molecule has 3 rings (SSSR count). The third-order valence-corrected chi connectivity index (χ3v) is 6.01. The Morgan fingerprint density at radius 3 is 2.58 bits per heavy atom. The summed E-state index contributed by atoms with van der Waals surface area (Å²) in [7, 11) is 3.45. The highest BCUT2D eigenvalue weighted by molar-refractivity contribution is 7.20. The minimum Gasteiger partial charge on any atom is -0.481 e. The van der Waals surface area contributed by atoms with Crippen LogP contribution in [0.4, 0.5) is 0 Å². The van der Waals surface area contributed by atoms with Crippen LogP contribution in [0.1, 0.15) is 28.2 Å². The molecule has 26 heavy (non-hydrogen) atoms. The highest BCUT2D eigenvalue weighted by atomic mass is 32.1. The number of likely N-dealkylation sites (tertiary alicyclic amines) is 1. The summed E-state index contributed by atoms with van der Waals surface area (Å²) in [6, 6.07) is 1.82. The fourth-order valence-electron chi connectivity index (χ4n) is 3.25. The summed E-state index contributed by atoms with van der Waals surface area (Å²) >= 11 is 1.37. The van der Waals surface area contributed by atoms with Gasteiger partial charge in [-0.1, -0.05) is 0 Å². The lowest BCUT2D eigenvalue weighted by Gasteiger charge is -2.31. The van der Waals surface area contributed by atoms with Crippen LogP contribution >= 0.6 is 11.3 Å². The van der Waals surface area contributed by atoms with Crippen LogP contribution in [-0.4, -0.2) is 69.2 Å². The topological polar surface area (TPSA) is 95.7 Å². The molecule has 1 aliphatic rings. The van der Waals surface area contributed by atoms with Gasteiger partial charge >= 0.3 is 5.97 Å². The average molecular weight is 378 g/mol. The van der Waals surface area contributed by atoms with Crippen molar-refractivity contribution in [3.63, 3.8) is 0 Å². The molecule has 0 spiro atoms. The molecule has 1 aliphatic heterocycles. The van der Waals surface area contributed by atoms with E-state index in [1.54, 1.807) is 16.6 Å². The molecule has 1 fully saturated rings. The fourth-order valence-corrected chi connectivity index (χ4v) is 4.37. The number of thiophene rings is 1. The standard InChI is InChI=1S/C17H22N4O4S/c1-10-12-8-13(26-16(12)20(3)18-10)15(23)19(2)9-14(22)21-6-4-11(5-7-21)17(24)25/h8,11H,4-7,9H2,1-3H3,(H,24,25). The molecular weight excluding hydrogens is 356 g/mol. The number of hydrogen-bond donors (Lipinski definition) is 1. The van der Waals surface area contributed by atoms with E-state index in [0.717, 1.165) is 15.9 Å². The lowest BCUT2D eigenvalue weighted by Crippen LogP contribution is -2.45. The monoisotopic (exact) mass is 378 g/mol. The second-order valence-corrected chi connectivity index (χ2v) is 7.72. The number of carboxylic acids is 1. The molecule has 0 saturated carbocycles. The maximum atomic E-state index is 12.7. The van der Waals surface area contributed by atoms with Gasteiger partial charge in [-0.15, -0.1) is 11.3 Å². The predicted molar refractivity (Wildman–Crippen MR) is 97.2 cm³/mol. The zero-order chi connectivity index (χ0) is 19.0. The van der Waals surface area contributed by atoms with Crippen molar-refractivity contribution in [3.05, 3.63) is 16.6 Å². The second-order valence-electron chi connectivity index (χ2n) is 6.69. The van der Waals surface area contributed by atoms with Gasteiger partial charge in [0.1, 0.15) is 4.83 Å².